The van der Waals surface area contributed by atoms with Crippen LogP contribution >= 0.6 is 15.9 Å². The molecule has 1 fully saturated rings. The highest BCUT2D eigenvalue weighted by molar-refractivity contribution is 9.09. The Morgan fingerprint density at radius 2 is 1.74 bits per heavy atom. The van der Waals surface area contributed by atoms with Crippen LogP contribution in [0, 0.1) is 11.8 Å². The van der Waals surface area contributed by atoms with Crippen molar-refractivity contribution in [3.8, 4) is 5.75 Å². The van der Waals surface area contributed by atoms with Gasteiger partial charge in [-0.15, -0.1) is 0 Å². The predicted octanol–water partition coefficient (Wildman–Crippen LogP) is 5.22. The first-order valence-corrected chi connectivity index (χ1v) is 8.64. The topological polar surface area (TPSA) is 9.23 Å². The van der Waals surface area contributed by atoms with Crippen LogP contribution in [0.1, 0.15) is 44.1 Å². The minimum atomic E-state index is 0.784. The van der Waals surface area contributed by atoms with E-state index in [1.54, 1.807) is 7.11 Å². The summed E-state index contributed by atoms with van der Waals surface area (Å²) in [7, 11) is 1.72. The van der Waals surface area contributed by atoms with Crippen LogP contribution in [0.4, 0.5) is 0 Å². The Kier molecular flexibility index (Phi) is 6.22. The van der Waals surface area contributed by atoms with Gasteiger partial charge in [-0.25, -0.2) is 0 Å². The van der Waals surface area contributed by atoms with Gasteiger partial charge in [-0.05, 0) is 36.0 Å². The van der Waals surface area contributed by atoms with Gasteiger partial charge in [0.15, 0.2) is 0 Å². The highest BCUT2D eigenvalue weighted by Gasteiger charge is 2.22. The molecule has 1 unspecified atom stereocenters. The predicted molar refractivity (Wildman–Crippen MR) is 85.2 cm³/mol. The highest BCUT2D eigenvalue weighted by Crippen LogP contribution is 2.32. The first-order chi connectivity index (χ1) is 9.33. The smallest absolute Gasteiger partial charge is 0.118 e. The largest absolute Gasteiger partial charge is 0.497 e. The lowest BCUT2D eigenvalue weighted by Crippen LogP contribution is -2.18. The summed E-state index contributed by atoms with van der Waals surface area (Å²) in [4.78, 5) is 0. The number of hydrogen-bond acceptors (Lipinski definition) is 1. The Balaban J connectivity index is 1.96. The molecule has 1 nitrogen and oxygen atoms in total. The van der Waals surface area contributed by atoms with E-state index in [-0.39, 0.29) is 0 Å². The van der Waals surface area contributed by atoms with Crippen LogP contribution in [-0.2, 0) is 6.42 Å². The van der Waals surface area contributed by atoms with Crippen LogP contribution in [0.2, 0.25) is 0 Å². The van der Waals surface area contributed by atoms with Gasteiger partial charge in [-0.2, -0.15) is 0 Å². The van der Waals surface area contributed by atoms with Crippen molar-refractivity contribution in [1.82, 2.24) is 0 Å². The first-order valence-electron chi connectivity index (χ1n) is 7.52. The normalized spacial score (nSPS) is 18.8. The SMILES string of the molecule is COc1ccc(CC(CBr)C2CCCCCC2)cc1. The van der Waals surface area contributed by atoms with E-state index in [1.165, 1.54) is 50.5 Å². The molecule has 0 aromatic heterocycles. The van der Waals surface area contributed by atoms with E-state index in [4.69, 9.17) is 4.74 Å². The van der Waals surface area contributed by atoms with Gasteiger partial charge in [-0.1, -0.05) is 66.6 Å². The van der Waals surface area contributed by atoms with Gasteiger partial charge in [0.05, 0.1) is 7.11 Å². The minimum Gasteiger partial charge on any atom is -0.497 e. The first kappa shape index (κ1) is 14.9. The van der Waals surface area contributed by atoms with Crippen LogP contribution in [0.25, 0.3) is 0 Å². The van der Waals surface area contributed by atoms with Crippen molar-refractivity contribution in [2.75, 3.05) is 12.4 Å². The van der Waals surface area contributed by atoms with Gasteiger partial charge in [0, 0.05) is 5.33 Å². The van der Waals surface area contributed by atoms with Crippen LogP contribution < -0.4 is 4.74 Å². The molecule has 2 rings (SSSR count). The molecule has 2 heteroatoms. The third-order valence-electron chi connectivity index (χ3n) is 4.42. The van der Waals surface area contributed by atoms with Crippen molar-refractivity contribution in [2.45, 2.75) is 44.9 Å². The maximum absolute atomic E-state index is 5.22. The standard InChI is InChI=1S/C17H25BrO/c1-19-17-10-8-14(9-11-17)12-16(13-18)15-6-4-2-3-5-7-15/h8-11,15-16H,2-7,12-13H2,1H3. The molecule has 19 heavy (non-hydrogen) atoms. The fraction of sp³-hybridized carbons (Fsp3) is 0.647. The van der Waals surface area contributed by atoms with Crippen LogP contribution in [-0.4, -0.2) is 12.4 Å². The summed E-state index contributed by atoms with van der Waals surface area (Å²) in [5, 5.41) is 1.13. The van der Waals surface area contributed by atoms with Crippen molar-refractivity contribution in [3.63, 3.8) is 0 Å². The minimum absolute atomic E-state index is 0.784. The van der Waals surface area contributed by atoms with E-state index in [2.05, 4.69) is 40.2 Å². The molecule has 1 aromatic carbocycles. The van der Waals surface area contributed by atoms with E-state index < -0.39 is 0 Å². The lowest BCUT2D eigenvalue weighted by atomic mass is 9.83. The number of methoxy groups -OCH3 is 1. The Morgan fingerprint density at radius 1 is 1.11 bits per heavy atom. The summed E-state index contributed by atoms with van der Waals surface area (Å²) < 4.78 is 5.22. The second-order valence-corrected chi connectivity index (χ2v) is 6.37. The van der Waals surface area contributed by atoms with Gasteiger partial charge in [0.2, 0.25) is 0 Å². The van der Waals surface area contributed by atoms with E-state index in [1.807, 2.05) is 0 Å². The zero-order valence-electron chi connectivity index (χ0n) is 11.9. The number of halogens is 1. The molecule has 0 bridgehead atoms. The molecule has 1 saturated carbocycles. The average molecular weight is 325 g/mol. The Bertz CT molecular complexity index is 352. The molecule has 1 aliphatic rings. The second kappa shape index (κ2) is 7.94. The van der Waals surface area contributed by atoms with Crippen LogP contribution in [0.3, 0.4) is 0 Å². The summed E-state index contributed by atoms with van der Waals surface area (Å²) in [5.74, 6) is 2.64. The number of ether oxygens (including phenoxy) is 1. The average Bonchev–Trinajstić information content (AvgIpc) is 2.74. The monoisotopic (exact) mass is 324 g/mol. The van der Waals surface area contributed by atoms with Gasteiger partial charge in [-0.3, -0.25) is 0 Å². The quantitative estimate of drug-likeness (QED) is 0.533. The van der Waals surface area contributed by atoms with Crippen molar-refractivity contribution in [2.24, 2.45) is 11.8 Å². The van der Waals surface area contributed by atoms with Crippen molar-refractivity contribution >= 4 is 15.9 Å². The summed E-state index contributed by atoms with van der Waals surface area (Å²) in [6.07, 6.45) is 9.77. The van der Waals surface area contributed by atoms with Crippen molar-refractivity contribution in [1.29, 1.82) is 0 Å². The highest BCUT2D eigenvalue weighted by atomic mass is 79.9. The fourth-order valence-electron chi connectivity index (χ4n) is 3.19. The van der Waals surface area contributed by atoms with Gasteiger partial charge in [0.25, 0.3) is 0 Å². The molecular formula is C17H25BrO. The molecule has 0 heterocycles. The fourth-order valence-corrected chi connectivity index (χ4v) is 3.95. The summed E-state index contributed by atoms with van der Waals surface area (Å²) in [6.45, 7) is 0. The van der Waals surface area contributed by atoms with E-state index in [9.17, 15) is 0 Å². The molecule has 1 aliphatic carbocycles. The third-order valence-corrected chi connectivity index (χ3v) is 5.25. The maximum atomic E-state index is 5.22. The summed E-state index contributed by atoms with van der Waals surface area (Å²) >= 11 is 3.74. The van der Waals surface area contributed by atoms with E-state index in [0.29, 0.717) is 0 Å². The molecule has 0 radical (unpaired) electrons. The third kappa shape index (κ3) is 4.52. The van der Waals surface area contributed by atoms with Gasteiger partial charge >= 0.3 is 0 Å². The van der Waals surface area contributed by atoms with Gasteiger partial charge in [0.1, 0.15) is 5.75 Å². The number of rotatable bonds is 5. The molecule has 0 spiro atoms. The zero-order chi connectivity index (χ0) is 13.5. The maximum Gasteiger partial charge on any atom is 0.118 e. The Hall–Kier alpha value is -0.500. The molecule has 0 aliphatic heterocycles. The number of alkyl halides is 1. The van der Waals surface area contributed by atoms with Crippen LogP contribution in [0.15, 0.2) is 24.3 Å². The Morgan fingerprint density at radius 3 is 2.26 bits per heavy atom. The van der Waals surface area contributed by atoms with Crippen LogP contribution in [0.5, 0.6) is 5.75 Å². The lowest BCUT2D eigenvalue weighted by Gasteiger charge is -2.24. The van der Waals surface area contributed by atoms with Crippen molar-refractivity contribution in [3.05, 3.63) is 29.8 Å². The molecular weight excluding hydrogens is 300 g/mol. The summed E-state index contributed by atoms with van der Waals surface area (Å²) in [5.41, 5.74) is 1.44. The molecule has 0 saturated heterocycles. The molecule has 0 N–H and O–H groups in total. The van der Waals surface area contributed by atoms with Crippen molar-refractivity contribution < 1.29 is 4.74 Å². The molecule has 0 amide bonds. The lowest BCUT2D eigenvalue weighted by molar-refractivity contribution is 0.324. The molecule has 1 atom stereocenters. The summed E-state index contributed by atoms with van der Waals surface area (Å²) in [6, 6.07) is 8.58. The van der Waals surface area contributed by atoms with E-state index in [0.717, 1.165) is 22.9 Å². The molecule has 106 valence electrons. The number of hydrogen-bond donors (Lipinski definition) is 0. The Labute approximate surface area is 125 Å². The number of benzene rings is 1. The van der Waals surface area contributed by atoms with E-state index >= 15 is 0 Å². The zero-order valence-corrected chi connectivity index (χ0v) is 13.5. The second-order valence-electron chi connectivity index (χ2n) is 5.72. The molecule has 1 aromatic rings. The van der Waals surface area contributed by atoms with Gasteiger partial charge < -0.3 is 4.74 Å².